The standard InChI is InChI=1S/C15H29F3N2/c1-5-10-20(11-15(16,17)18)12-8-7-9-14(3,4)13(12)19-6-2/h12-13,19H,5-11H2,1-4H3. The second kappa shape index (κ2) is 7.12. The number of hydrogen-bond donors (Lipinski definition) is 1. The van der Waals surface area contributed by atoms with E-state index in [0.29, 0.717) is 6.54 Å². The summed E-state index contributed by atoms with van der Waals surface area (Å²) in [6.45, 7) is 8.84. The Morgan fingerprint density at radius 3 is 2.40 bits per heavy atom. The van der Waals surface area contributed by atoms with Crippen LogP contribution in [-0.4, -0.2) is 42.8 Å². The van der Waals surface area contributed by atoms with Gasteiger partial charge in [0.05, 0.1) is 6.54 Å². The van der Waals surface area contributed by atoms with Gasteiger partial charge in [-0.2, -0.15) is 13.2 Å². The highest BCUT2D eigenvalue weighted by atomic mass is 19.4. The van der Waals surface area contributed by atoms with E-state index in [9.17, 15) is 13.2 Å². The molecule has 0 aromatic rings. The molecule has 0 radical (unpaired) electrons. The third-order valence-electron chi connectivity index (χ3n) is 4.33. The Morgan fingerprint density at radius 2 is 1.90 bits per heavy atom. The number of likely N-dealkylation sites (N-methyl/N-ethyl adjacent to an activating group) is 1. The van der Waals surface area contributed by atoms with Gasteiger partial charge in [0.2, 0.25) is 0 Å². The van der Waals surface area contributed by atoms with E-state index in [2.05, 4.69) is 19.2 Å². The molecular formula is C15H29F3N2. The van der Waals surface area contributed by atoms with Crippen molar-refractivity contribution < 1.29 is 13.2 Å². The first-order chi connectivity index (χ1) is 9.21. The molecule has 0 amide bonds. The molecule has 2 unspecified atom stereocenters. The minimum absolute atomic E-state index is 0.0136. The van der Waals surface area contributed by atoms with Gasteiger partial charge in [0, 0.05) is 12.1 Å². The molecule has 0 aliphatic heterocycles. The fourth-order valence-corrected chi connectivity index (χ4v) is 3.52. The summed E-state index contributed by atoms with van der Waals surface area (Å²) >= 11 is 0. The lowest BCUT2D eigenvalue weighted by atomic mass is 9.70. The topological polar surface area (TPSA) is 15.3 Å². The van der Waals surface area contributed by atoms with Crippen molar-refractivity contribution in [3.8, 4) is 0 Å². The maximum Gasteiger partial charge on any atom is 0.401 e. The number of halogens is 3. The highest BCUT2D eigenvalue weighted by Crippen LogP contribution is 2.38. The Bertz CT molecular complexity index is 289. The molecule has 0 aromatic heterocycles. The fourth-order valence-electron chi connectivity index (χ4n) is 3.52. The summed E-state index contributed by atoms with van der Waals surface area (Å²) < 4.78 is 38.5. The van der Waals surface area contributed by atoms with Crippen LogP contribution in [0, 0.1) is 5.41 Å². The molecule has 1 aliphatic carbocycles. The van der Waals surface area contributed by atoms with Gasteiger partial charge in [-0.3, -0.25) is 4.90 Å². The zero-order valence-corrected chi connectivity index (χ0v) is 13.2. The summed E-state index contributed by atoms with van der Waals surface area (Å²) in [6.07, 6.45) is -0.415. The van der Waals surface area contributed by atoms with E-state index in [1.165, 1.54) is 0 Å². The molecule has 2 atom stereocenters. The minimum Gasteiger partial charge on any atom is -0.312 e. The SMILES string of the molecule is CCCN(CC(F)(F)F)C1CCCC(C)(C)C1NCC. The number of hydrogen-bond acceptors (Lipinski definition) is 2. The maximum atomic E-state index is 12.8. The Hall–Kier alpha value is -0.290. The van der Waals surface area contributed by atoms with Crippen LogP contribution in [-0.2, 0) is 0 Å². The zero-order valence-electron chi connectivity index (χ0n) is 13.2. The van der Waals surface area contributed by atoms with Crippen molar-refractivity contribution in [2.24, 2.45) is 5.41 Å². The van der Waals surface area contributed by atoms with Crippen molar-refractivity contribution in [1.29, 1.82) is 0 Å². The summed E-state index contributed by atoms with van der Waals surface area (Å²) in [5.41, 5.74) is 0.0521. The molecule has 1 saturated carbocycles. The number of nitrogens with one attached hydrogen (secondary N) is 1. The first-order valence-corrected chi connectivity index (χ1v) is 7.75. The lowest BCUT2D eigenvalue weighted by molar-refractivity contribution is -0.156. The van der Waals surface area contributed by atoms with Gasteiger partial charge in [0.1, 0.15) is 0 Å². The van der Waals surface area contributed by atoms with Crippen LogP contribution in [0.2, 0.25) is 0 Å². The summed E-state index contributed by atoms with van der Waals surface area (Å²) in [5.74, 6) is 0. The van der Waals surface area contributed by atoms with Crippen LogP contribution >= 0.6 is 0 Å². The molecule has 120 valence electrons. The molecule has 1 fully saturated rings. The van der Waals surface area contributed by atoms with E-state index in [1.807, 2.05) is 13.8 Å². The van der Waals surface area contributed by atoms with Gasteiger partial charge in [-0.15, -0.1) is 0 Å². The molecule has 2 nitrogen and oxygen atoms in total. The molecule has 0 bridgehead atoms. The molecule has 1 rings (SSSR count). The average Bonchev–Trinajstić information content (AvgIpc) is 2.29. The van der Waals surface area contributed by atoms with Gasteiger partial charge in [-0.05, 0) is 37.8 Å². The quantitative estimate of drug-likeness (QED) is 0.801. The Labute approximate surface area is 121 Å². The Morgan fingerprint density at radius 1 is 1.25 bits per heavy atom. The molecule has 0 aromatic carbocycles. The highest BCUT2D eigenvalue weighted by Gasteiger charge is 2.43. The smallest absolute Gasteiger partial charge is 0.312 e. The fraction of sp³-hybridized carbons (Fsp3) is 1.00. The second-order valence-electron chi connectivity index (χ2n) is 6.57. The van der Waals surface area contributed by atoms with E-state index in [4.69, 9.17) is 0 Å². The number of rotatable bonds is 6. The minimum atomic E-state index is -4.12. The summed E-state index contributed by atoms with van der Waals surface area (Å²) in [6, 6.07) is 0.121. The monoisotopic (exact) mass is 294 g/mol. The predicted octanol–water partition coefficient (Wildman–Crippen LogP) is 3.82. The molecule has 5 heteroatoms. The van der Waals surface area contributed by atoms with Crippen LogP contribution in [0.1, 0.15) is 53.4 Å². The first kappa shape index (κ1) is 17.8. The lowest BCUT2D eigenvalue weighted by Crippen LogP contribution is -2.60. The third-order valence-corrected chi connectivity index (χ3v) is 4.33. The third kappa shape index (κ3) is 4.92. The predicted molar refractivity (Wildman–Crippen MR) is 76.8 cm³/mol. The Balaban J connectivity index is 2.90. The largest absolute Gasteiger partial charge is 0.401 e. The molecular weight excluding hydrogens is 265 g/mol. The average molecular weight is 294 g/mol. The van der Waals surface area contributed by atoms with Gasteiger partial charge < -0.3 is 5.32 Å². The number of alkyl halides is 3. The van der Waals surface area contributed by atoms with Crippen molar-refractivity contribution >= 4 is 0 Å². The van der Waals surface area contributed by atoms with Crippen LogP contribution in [0.3, 0.4) is 0 Å². The second-order valence-corrected chi connectivity index (χ2v) is 6.57. The summed E-state index contributed by atoms with van der Waals surface area (Å²) in [5, 5.41) is 3.44. The molecule has 1 aliphatic rings. The highest BCUT2D eigenvalue weighted by molar-refractivity contribution is 4.98. The first-order valence-electron chi connectivity index (χ1n) is 7.75. The van der Waals surface area contributed by atoms with Crippen molar-refractivity contribution in [3.63, 3.8) is 0 Å². The summed E-state index contributed by atoms with van der Waals surface area (Å²) in [4.78, 5) is 1.65. The van der Waals surface area contributed by atoms with E-state index >= 15 is 0 Å². The van der Waals surface area contributed by atoms with Crippen LogP contribution in [0.25, 0.3) is 0 Å². The van der Waals surface area contributed by atoms with E-state index in [0.717, 1.165) is 32.2 Å². The molecule has 0 spiro atoms. The van der Waals surface area contributed by atoms with Crippen molar-refractivity contribution in [2.45, 2.75) is 71.6 Å². The molecule has 20 heavy (non-hydrogen) atoms. The van der Waals surface area contributed by atoms with Crippen LogP contribution in [0.5, 0.6) is 0 Å². The van der Waals surface area contributed by atoms with E-state index in [-0.39, 0.29) is 17.5 Å². The van der Waals surface area contributed by atoms with E-state index in [1.54, 1.807) is 4.90 Å². The van der Waals surface area contributed by atoms with Crippen LogP contribution in [0.15, 0.2) is 0 Å². The maximum absolute atomic E-state index is 12.8. The van der Waals surface area contributed by atoms with Crippen molar-refractivity contribution in [2.75, 3.05) is 19.6 Å². The zero-order chi connectivity index (χ0) is 15.4. The van der Waals surface area contributed by atoms with Gasteiger partial charge in [0.25, 0.3) is 0 Å². The van der Waals surface area contributed by atoms with Crippen LogP contribution in [0.4, 0.5) is 13.2 Å². The number of nitrogens with zero attached hydrogens (tertiary/aromatic N) is 1. The van der Waals surface area contributed by atoms with Crippen molar-refractivity contribution in [3.05, 3.63) is 0 Å². The van der Waals surface area contributed by atoms with Crippen LogP contribution < -0.4 is 5.32 Å². The molecule has 1 N–H and O–H groups in total. The van der Waals surface area contributed by atoms with Gasteiger partial charge in [-0.25, -0.2) is 0 Å². The molecule has 0 heterocycles. The van der Waals surface area contributed by atoms with Gasteiger partial charge in [0.15, 0.2) is 0 Å². The molecule has 0 saturated heterocycles. The van der Waals surface area contributed by atoms with E-state index < -0.39 is 12.7 Å². The van der Waals surface area contributed by atoms with Gasteiger partial charge >= 0.3 is 6.18 Å². The lowest BCUT2D eigenvalue weighted by Gasteiger charge is -2.49. The normalized spacial score (nSPS) is 27.0. The van der Waals surface area contributed by atoms with Crippen molar-refractivity contribution in [1.82, 2.24) is 10.2 Å². The van der Waals surface area contributed by atoms with Gasteiger partial charge in [-0.1, -0.05) is 34.1 Å². The Kier molecular flexibility index (Phi) is 6.32. The summed E-state index contributed by atoms with van der Waals surface area (Å²) in [7, 11) is 0.